The Labute approximate surface area is 127 Å². The number of hydrogen-bond donors (Lipinski definition) is 1. The number of nitriles is 1. The van der Waals surface area contributed by atoms with E-state index >= 15 is 0 Å². The molecular formula is C17H25N3O. The van der Waals surface area contributed by atoms with Crippen molar-refractivity contribution in [3.8, 4) is 11.8 Å². The van der Waals surface area contributed by atoms with Crippen molar-refractivity contribution in [2.75, 3.05) is 26.7 Å². The number of methoxy groups -OCH3 is 1. The fourth-order valence-corrected chi connectivity index (χ4v) is 2.98. The number of nitrogens with zero attached hydrogens (tertiary/aromatic N) is 2. The van der Waals surface area contributed by atoms with Crippen LogP contribution in [0.1, 0.15) is 37.3 Å². The van der Waals surface area contributed by atoms with Gasteiger partial charge in [-0.25, -0.2) is 0 Å². The molecule has 0 radical (unpaired) electrons. The molecule has 0 aromatic heterocycles. The van der Waals surface area contributed by atoms with E-state index in [1.807, 2.05) is 18.2 Å². The molecule has 1 aliphatic rings. The molecule has 1 aliphatic heterocycles. The van der Waals surface area contributed by atoms with Crippen LogP contribution in [0.5, 0.6) is 5.75 Å². The molecule has 1 aromatic rings. The molecule has 1 atom stereocenters. The summed E-state index contributed by atoms with van der Waals surface area (Å²) in [4.78, 5) is 2.55. The highest BCUT2D eigenvalue weighted by atomic mass is 16.5. The molecule has 0 bridgehead atoms. The van der Waals surface area contributed by atoms with E-state index in [4.69, 9.17) is 10.00 Å². The minimum absolute atomic E-state index is 0.600. The molecule has 0 aliphatic carbocycles. The smallest absolute Gasteiger partial charge is 0.136 e. The summed E-state index contributed by atoms with van der Waals surface area (Å²) in [7, 11) is 1.62. The second kappa shape index (κ2) is 8.02. The van der Waals surface area contributed by atoms with Crippen molar-refractivity contribution in [3.05, 3.63) is 29.3 Å². The summed E-state index contributed by atoms with van der Waals surface area (Å²) in [5.74, 6) is 0.674. The van der Waals surface area contributed by atoms with Gasteiger partial charge in [0.15, 0.2) is 0 Å². The summed E-state index contributed by atoms with van der Waals surface area (Å²) in [5, 5.41) is 12.6. The predicted molar refractivity (Wildman–Crippen MR) is 84.3 cm³/mol. The quantitative estimate of drug-likeness (QED) is 0.873. The number of piperidine rings is 1. The van der Waals surface area contributed by atoms with E-state index in [-0.39, 0.29) is 0 Å². The molecule has 4 nitrogen and oxygen atoms in total. The van der Waals surface area contributed by atoms with Crippen molar-refractivity contribution >= 4 is 0 Å². The number of benzene rings is 1. The topological polar surface area (TPSA) is 48.3 Å². The third kappa shape index (κ3) is 4.20. The average Bonchev–Trinajstić information content (AvgIpc) is 2.55. The van der Waals surface area contributed by atoms with Gasteiger partial charge in [0.05, 0.1) is 12.7 Å². The molecule has 4 heteroatoms. The van der Waals surface area contributed by atoms with Crippen molar-refractivity contribution in [2.45, 2.75) is 38.8 Å². The number of nitrogens with one attached hydrogen (secondary N) is 1. The summed E-state index contributed by atoms with van der Waals surface area (Å²) in [6.45, 7) is 6.47. The Bertz CT molecular complexity index is 489. The van der Waals surface area contributed by atoms with Gasteiger partial charge in [-0.05, 0) is 50.0 Å². The van der Waals surface area contributed by atoms with Crippen LogP contribution in [-0.2, 0) is 6.54 Å². The molecule has 1 unspecified atom stereocenters. The summed E-state index contributed by atoms with van der Waals surface area (Å²) < 4.78 is 5.31. The maximum absolute atomic E-state index is 9.06. The van der Waals surface area contributed by atoms with Crippen LogP contribution in [0.3, 0.4) is 0 Å². The van der Waals surface area contributed by atoms with Crippen molar-refractivity contribution in [3.63, 3.8) is 0 Å². The van der Waals surface area contributed by atoms with E-state index in [9.17, 15) is 0 Å². The SMILES string of the molecule is CCCN(Cc1ccc(C#N)c(OC)c1)C1CCCNC1. The van der Waals surface area contributed by atoms with Gasteiger partial charge in [0.1, 0.15) is 11.8 Å². The summed E-state index contributed by atoms with van der Waals surface area (Å²) in [6.07, 6.45) is 3.67. The first-order valence-electron chi connectivity index (χ1n) is 7.80. The molecule has 1 aromatic carbocycles. The predicted octanol–water partition coefficient (Wildman–Crippen LogP) is 2.53. The second-order valence-electron chi connectivity index (χ2n) is 5.62. The van der Waals surface area contributed by atoms with Crippen LogP contribution in [0, 0.1) is 11.3 Å². The number of ether oxygens (including phenoxy) is 1. The highest BCUT2D eigenvalue weighted by molar-refractivity contribution is 5.45. The van der Waals surface area contributed by atoms with Crippen LogP contribution in [0.4, 0.5) is 0 Å². The Morgan fingerprint density at radius 1 is 1.48 bits per heavy atom. The van der Waals surface area contributed by atoms with E-state index in [1.54, 1.807) is 7.11 Å². The molecule has 0 spiro atoms. The normalized spacial score (nSPS) is 18.5. The van der Waals surface area contributed by atoms with E-state index in [1.165, 1.54) is 18.4 Å². The fraction of sp³-hybridized carbons (Fsp3) is 0.588. The standard InChI is InChI=1S/C17H25N3O/c1-3-9-20(16-5-4-8-19-12-16)13-14-6-7-15(11-18)17(10-14)21-2/h6-7,10,16,19H,3-5,8-9,12-13H2,1-2H3. The lowest BCUT2D eigenvalue weighted by Crippen LogP contribution is -2.45. The Balaban J connectivity index is 2.10. The molecule has 2 rings (SSSR count). The largest absolute Gasteiger partial charge is 0.495 e. The van der Waals surface area contributed by atoms with Crippen molar-refractivity contribution < 1.29 is 4.74 Å². The highest BCUT2D eigenvalue weighted by Crippen LogP contribution is 2.22. The molecule has 1 heterocycles. The first-order valence-corrected chi connectivity index (χ1v) is 7.80. The maximum atomic E-state index is 9.06. The molecule has 1 N–H and O–H groups in total. The Morgan fingerprint density at radius 3 is 2.95 bits per heavy atom. The Morgan fingerprint density at radius 2 is 2.33 bits per heavy atom. The molecule has 21 heavy (non-hydrogen) atoms. The summed E-state index contributed by atoms with van der Waals surface area (Å²) in [6, 6.07) is 8.68. The minimum atomic E-state index is 0.600. The van der Waals surface area contributed by atoms with Crippen molar-refractivity contribution in [1.82, 2.24) is 10.2 Å². The zero-order valence-electron chi connectivity index (χ0n) is 13.1. The zero-order valence-corrected chi connectivity index (χ0v) is 13.1. The van der Waals surface area contributed by atoms with E-state index in [2.05, 4.69) is 23.2 Å². The number of rotatable bonds is 6. The van der Waals surface area contributed by atoms with Gasteiger partial charge in [0, 0.05) is 19.1 Å². The monoisotopic (exact) mass is 287 g/mol. The molecule has 1 fully saturated rings. The van der Waals surface area contributed by atoms with Crippen LogP contribution in [0.25, 0.3) is 0 Å². The van der Waals surface area contributed by atoms with Crippen LogP contribution in [-0.4, -0.2) is 37.7 Å². The minimum Gasteiger partial charge on any atom is -0.495 e. The molecule has 0 amide bonds. The second-order valence-corrected chi connectivity index (χ2v) is 5.62. The fourth-order valence-electron chi connectivity index (χ4n) is 2.98. The van der Waals surface area contributed by atoms with Crippen molar-refractivity contribution in [2.24, 2.45) is 0 Å². The first-order chi connectivity index (χ1) is 10.3. The Kier molecular flexibility index (Phi) is 6.04. The lowest BCUT2D eigenvalue weighted by atomic mass is 10.0. The van der Waals surface area contributed by atoms with Gasteiger partial charge in [0.25, 0.3) is 0 Å². The lowest BCUT2D eigenvalue weighted by molar-refractivity contribution is 0.158. The maximum Gasteiger partial charge on any atom is 0.136 e. The van der Waals surface area contributed by atoms with E-state index in [0.717, 1.165) is 32.6 Å². The van der Waals surface area contributed by atoms with Gasteiger partial charge < -0.3 is 10.1 Å². The molecule has 114 valence electrons. The molecule has 0 saturated carbocycles. The summed E-state index contributed by atoms with van der Waals surface area (Å²) >= 11 is 0. The van der Waals surface area contributed by atoms with Crippen LogP contribution >= 0.6 is 0 Å². The van der Waals surface area contributed by atoms with Gasteiger partial charge in [0.2, 0.25) is 0 Å². The van der Waals surface area contributed by atoms with Gasteiger partial charge in [-0.3, -0.25) is 4.90 Å². The van der Waals surface area contributed by atoms with Crippen LogP contribution < -0.4 is 10.1 Å². The molecular weight excluding hydrogens is 262 g/mol. The Hall–Kier alpha value is -1.57. The average molecular weight is 287 g/mol. The van der Waals surface area contributed by atoms with Gasteiger partial charge in [-0.15, -0.1) is 0 Å². The van der Waals surface area contributed by atoms with Gasteiger partial charge in [-0.1, -0.05) is 13.0 Å². The zero-order chi connectivity index (χ0) is 15.1. The molecule has 1 saturated heterocycles. The lowest BCUT2D eigenvalue weighted by Gasteiger charge is -2.34. The van der Waals surface area contributed by atoms with Gasteiger partial charge >= 0.3 is 0 Å². The summed E-state index contributed by atoms with van der Waals surface area (Å²) in [5.41, 5.74) is 1.81. The first kappa shape index (κ1) is 15.8. The van der Waals surface area contributed by atoms with Gasteiger partial charge in [-0.2, -0.15) is 5.26 Å². The highest BCUT2D eigenvalue weighted by Gasteiger charge is 2.20. The third-order valence-electron chi connectivity index (χ3n) is 4.07. The van der Waals surface area contributed by atoms with E-state index in [0.29, 0.717) is 17.4 Å². The third-order valence-corrected chi connectivity index (χ3v) is 4.07. The van der Waals surface area contributed by atoms with Crippen LogP contribution in [0.15, 0.2) is 18.2 Å². The number of hydrogen-bond acceptors (Lipinski definition) is 4. The van der Waals surface area contributed by atoms with E-state index < -0.39 is 0 Å². The van der Waals surface area contributed by atoms with Crippen LogP contribution in [0.2, 0.25) is 0 Å². The van der Waals surface area contributed by atoms with Crippen molar-refractivity contribution in [1.29, 1.82) is 5.26 Å².